The highest BCUT2D eigenvalue weighted by Crippen LogP contribution is 2.35. The Kier molecular flexibility index (Phi) is 3.74. The van der Waals surface area contributed by atoms with Crippen molar-refractivity contribution in [1.82, 2.24) is 20.2 Å². The van der Waals surface area contributed by atoms with E-state index in [9.17, 15) is 0 Å². The number of rotatable bonds is 4. The molecule has 21 heavy (non-hydrogen) atoms. The van der Waals surface area contributed by atoms with E-state index < -0.39 is 0 Å². The van der Waals surface area contributed by atoms with Crippen molar-refractivity contribution in [3.63, 3.8) is 0 Å². The summed E-state index contributed by atoms with van der Waals surface area (Å²) < 4.78 is 12.9. The molecule has 0 bridgehead atoms. The third kappa shape index (κ3) is 2.44. The zero-order valence-electron chi connectivity index (χ0n) is 12.2. The molecule has 2 aromatic rings. The molecule has 1 fully saturated rings. The van der Waals surface area contributed by atoms with Gasteiger partial charge in [0.2, 0.25) is 0 Å². The largest absolute Gasteiger partial charge is 0.494 e. The number of aromatic nitrogens is 4. The number of para-hydroxylation sites is 1. The van der Waals surface area contributed by atoms with Gasteiger partial charge < -0.3 is 15.2 Å². The highest BCUT2D eigenvalue weighted by molar-refractivity contribution is 5.73. The second-order valence-corrected chi connectivity index (χ2v) is 5.17. The van der Waals surface area contributed by atoms with Gasteiger partial charge in [0.15, 0.2) is 11.6 Å². The minimum absolute atomic E-state index is 0.0589. The van der Waals surface area contributed by atoms with Crippen LogP contribution in [0.2, 0.25) is 0 Å². The highest BCUT2D eigenvalue weighted by Gasteiger charge is 2.28. The lowest BCUT2D eigenvalue weighted by atomic mass is 10.1. The monoisotopic (exact) mass is 289 g/mol. The molecule has 1 aromatic heterocycles. The normalized spacial score (nSPS) is 19.6. The van der Waals surface area contributed by atoms with E-state index >= 15 is 0 Å². The van der Waals surface area contributed by atoms with Crippen LogP contribution in [0.15, 0.2) is 18.2 Å². The average molecular weight is 289 g/mol. The number of nitrogen functional groups attached to an aromatic ring is 1. The third-order valence-corrected chi connectivity index (χ3v) is 3.87. The molecule has 7 heteroatoms. The molecule has 0 saturated carbocycles. The fourth-order valence-electron chi connectivity index (χ4n) is 2.74. The standard InChI is InChI=1S/C14H19N5O2/c1-9(12-7-4-8-21-12)19-14(16-17-18-19)10-5-3-6-11(15)13(10)20-2/h3,5-6,9,12H,4,7-8,15H2,1-2H3. The summed E-state index contributed by atoms with van der Waals surface area (Å²) in [7, 11) is 1.59. The van der Waals surface area contributed by atoms with E-state index in [1.54, 1.807) is 17.9 Å². The maximum absolute atomic E-state index is 5.96. The summed E-state index contributed by atoms with van der Waals surface area (Å²) in [5, 5.41) is 12.1. The zero-order valence-corrected chi connectivity index (χ0v) is 12.2. The van der Waals surface area contributed by atoms with Gasteiger partial charge in [0.1, 0.15) is 0 Å². The van der Waals surface area contributed by atoms with E-state index in [1.807, 2.05) is 12.1 Å². The Balaban J connectivity index is 2.01. The van der Waals surface area contributed by atoms with Crippen LogP contribution in [0.25, 0.3) is 11.4 Å². The van der Waals surface area contributed by atoms with E-state index in [0.29, 0.717) is 17.3 Å². The maximum atomic E-state index is 5.96. The number of anilines is 1. The van der Waals surface area contributed by atoms with Gasteiger partial charge in [-0.15, -0.1) is 5.10 Å². The van der Waals surface area contributed by atoms with Gasteiger partial charge in [-0.2, -0.15) is 0 Å². The van der Waals surface area contributed by atoms with E-state index in [2.05, 4.69) is 22.4 Å². The zero-order chi connectivity index (χ0) is 14.8. The van der Waals surface area contributed by atoms with Crippen LogP contribution in [-0.2, 0) is 4.74 Å². The Hall–Kier alpha value is -2.15. The molecule has 0 radical (unpaired) electrons. The molecule has 1 aromatic carbocycles. The smallest absolute Gasteiger partial charge is 0.186 e. The number of nitrogens with zero attached hydrogens (tertiary/aromatic N) is 4. The Morgan fingerprint density at radius 1 is 1.48 bits per heavy atom. The van der Waals surface area contributed by atoms with Crippen LogP contribution in [0.1, 0.15) is 25.8 Å². The van der Waals surface area contributed by atoms with Gasteiger partial charge in [-0.25, -0.2) is 4.68 Å². The summed E-state index contributed by atoms with van der Waals surface area (Å²) in [5.74, 6) is 1.23. The van der Waals surface area contributed by atoms with Gasteiger partial charge >= 0.3 is 0 Å². The van der Waals surface area contributed by atoms with Gasteiger partial charge in [-0.1, -0.05) is 6.07 Å². The lowest BCUT2D eigenvalue weighted by molar-refractivity contribution is 0.0690. The molecular formula is C14H19N5O2. The number of hydrogen-bond acceptors (Lipinski definition) is 6. The van der Waals surface area contributed by atoms with Crippen molar-refractivity contribution in [2.75, 3.05) is 19.5 Å². The molecule has 1 saturated heterocycles. The van der Waals surface area contributed by atoms with E-state index in [4.69, 9.17) is 15.2 Å². The number of ether oxygens (including phenoxy) is 2. The topological polar surface area (TPSA) is 88.1 Å². The summed E-state index contributed by atoms with van der Waals surface area (Å²) in [4.78, 5) is 0. The van der Waals surface area contributed by atoms with Crippen molar-refractivity contribution in [2.24, 2.45) is 0 Å². The second kappa shape index (κ2) is 5.69. The molecule has 0 spiro atoms. The number of methoxy groups -OCH3 is 1. The minimum atomic E-state index is 0.0589. The summed E-state index contributed by atoms with van der Waals surface area (Å²) in [6.45, 7) is 2.86. The van der Waals surface area contributed by atoms with Crippen LogP contribution >= 0.6 is 0 Å². The molecule has 7 nitrogen and oxygen atoms in total. The molecule has 2 N–H and O–H groups in total. The van der Waals surface area contributed by atoms with Crippen molar-refractivity contribution in [2.45, 2.75) is 31.9 Å². The first-order chi connectivity index (χ1) is 10.2. The molecule has 2 unspecified atom stereocenters. The van der Waals surface area contributed by atoms with Crippen molar-refractivity contribution >= 4 is 5.69 Å². The van der Waals surface area contributed by atoms with Crippen molar-refractivity contribution in [3.05, 3.63) is 18.2 Å². The molecule has 0 amide bonds. The Labute approximate surface area is 123 Å². The first-order valence-electron chi connectivity index (χ1n) is 7.04. The predicted octanol–water partition coefficient (Wildman–Crippen LogP) is 1.67. The van der Waals surface area contributed by atoms with Gasteiger partial charge in [0.25, 0.3) is 0 Å². The van der Waals surface area contributed by atoms with Crippen LogP contribution in [-0.4, -0.2) is 40.0 Å². The van der Waals surface area contributed by atoms with Crippen LogP contribution in [0, 0.1) is 0 Å². The quantitative estimate of drug-likeness (QED) is 0.861. The molecular weight excluding hydrogens is 270 g/mol. The van der Waals surface area contributed by atoms with Crippen molar-refractivity contribution in [1.29, 1.82) is 0 Å². The Morgan fingerprint density at radius 3 is 3.05 bits per heavy atom. The first kappa shape index (κ1) is 13.8. The molecule has 3 rings (SSSR count). The highest BCUT2D eigenvalue weighted by atomic mass is 16.5. The summed E-state index contributed by atoms with van der Waals surface area (Å²) in [6, 6.07) is 5.62. The fourth-order valence-corrected chi connectivity index (χ4v) is 2.74. The van der Waals surface area contributed by atoms with E-state index in [1.165, 1.54) is 0 Å². The van der Waals surface area contributed by atoms with Crippen LogP contribution in [0.3, 0.4) is 0 Å². The van der Waals surface area contributed by atoms with Crippen LogP contribution < -0.4 is 10.5 Å². The lowest BCUT2D eigenvalue weighted by Crippen LogP contribution is -2.22. The van der Waals surface area contributed by atoms with E-state index in [-0.39, 0.29) is 12.1 Å². The van der Waals surface area contributed by atoms with Crippen LogP contribution in [0.5, 0.6) is 5.75 Å². The molecule has 1 aliphatic heterocycles. The Bertz CT molecular complexity index is 622. The number of benzene rings is 1. The second-order valence-electron chi connectivity index (χ2n) is 5.17. The number of hydrogen-bond donors (Lipinski definition) is 1. The van der Waals surface area contributed by atoms with Gasteiger partial charge in [0.05, 0.1) is 30.5 Å². The van der Waals surface area contributed by atoms with Gasteiger partial charge in [-0.3, -0.25) is 0 Å². The Morgan fingerprint density at radius 2 is 2.33 bits per heavy atom. The first-order valence-corrected chi connectivity index (χ1v) is 7.04. The molecule has 0 aliphatic carbocycles. The average Bonchev–Trinajstić information content (AvgIpc) is 3.17. The fraction of sp³-hybridized carbons (Fsp3) is 0.500. The molecule has 2 atom stereocenters. The van der Waals surface area contributed by atoms with Gasteiger partial charge in [-0.05, 0) is 42.3 Å². The number of tetrazole rings is 1. The van der Waals surface area contributed by atoms with Crippen molar-refractivity contribution in [3.8, 4) is 17.1 Å². The summed E-state index contributed by atoms with van der Waals surface area (Å²) in [5.41, 5.74) is 7.31. The SMILES string of the molecule is COc1c(N)cccc1-c1nnnn1C(C)C1CCCO1. The van der Waals surface area contributed by atoms with Crippen LogP contribution in [0.4, 0.5) is 5.69 Å². The van der Waals surface area contributed by atoms with E-state index in [0.717, 1.165) is 25.0 Å². The lowest BCUT2D eigenvalue weighted by Gasteiger charge is -2.20. The molecule has 2 heterocycles. The summed E-state index contributed by atoms with van der Waals surface area (Å²) >= 11 is 0. The van der Waals surface area contributed by atoms with Crippen molar-refractivity contribution < 1.29 is 9.47 Å². The maximum Gasteiger partial charge on any atom is 0.186 e. The molecule has 112 valence electrons. The minimum Gasteiger partial charge on any atom is -0.494 e. The summed E-state index contributed by atoms with van der Waals surface area (Å²) in [6.07, 6.45) is 2.24. The number of nitrogens with two attached hydrogens (primary N) is 1. The third-order valence-electron chi connectivity index (χ3n) is 3.87. The molecule has 1 aliphatic rings. The predicted molar refractivity (Wildman–Crippen MR) is 77.9 cm³/mol. The van der Waals surface area contributed by atoms with Gasteiger partial charge in [0, 0.05) is 6.61 Å².